The lowest BCUT2D eigenvalue weighted by Crippen LogP contribution is -2.52. The van der Waals surface area contributed by atoms with Gasteiger partial charge in [-0.1, -0.05) is 11.6 Å². The minimum absolute atomic E-state index is 0.0173. The molecule has 2 aromatic rings. The van der Waals surface area contributed by atoms with Gasteiger partial charge in [0.2, 0.25) is 0 Å². The van der Waals surface area contributed by atoms with Crippen LogP contribution in [0.15, 0.2) is 30.5 Å². The van der Waals surface area contributed by atoms with Gasteiger partial charge in [-0.25, -0.2) is 0 Å². The molecule has 5 nitrogen and oxygen atoms in total. The molecule has 24 heavy (non-hydrogen) atoms. The van der Waals surface area contributed by atoms with Crippen LogP contribution in [-0.2, 0) is 4.79 Å². The first-order valence-corrected chi connectivity index (χ1v) is 8.67. The van der Waals surface area contributed by atoms with Gasteiger partial charge in [0, 0.05) is 30.2 Å². The molecule has 1 aliphatic heterocycles. The molecular formula is C18H22ClN3O2. The highest BCUT2D eigenvalue weighted by Crippen LogP contribution is 2.29. The fourth-order valence-electron chi connectivity index (χ4n) is 3.26. The van der Waals surface area contributed by atoms with Crippen LogP contribution in [0.1, 0.15) is 26.2 Å². The van der Waals surface area contributed by atoms with Crippen molar-refractivity contribution in [1.29, 1.82) is 0 Å². The van der Waals surface area contributed by atoms with Gasteiger partial charge in [0.1, 0.15) is 11.3 Å². The molecule has 1 amide bonds. The van der Waals surface area contributed by atoms with Crippen molar-refractivity contribution < 1.29 is 9.53 Å². The van der Waals surface area contributed by atoms with Crippen molar-refractivity contribution in [3.8, 4) is 5.75 Å². The minimum atomic E-state index is -0.0349. The number of halogens is 1. The van der Waals surface area contributed by atoms with Gasteiger partial charge < -0.3 is 15.4 Å². The lowest BCUT2D eigenvalue weighted by atomic mass is 9.97. The summed E-state index contributed by atoms with van der Waals surface area (Å²) in [7, 11) is 0. The van der Waals surface area contributed by atoms with Crippen molar-refractivity contribution in [2.45, 2.75) is 38.3 Å². The van der Waals surface area contributed by atoms with Gasteiger partial charge in [-0.2, -0.15) is 0 Å². The first-order chi connectivity index (χ1) is 11.6. The molecule has 2 unspecified atom stereocenters. The van der Waals surface area contributed by atoms with Gasteiger partial charge in [-0.15, -0.1) is 0 Å². The average molecular weight is 348 g/mol. The summed E-state index contributed by atoms with van der Waals surface area (Å²) >= 11 is 6.18. The molecule has 1 aromatic carbocycles. The highest BCUT2D eigenvalue weighted by Gasteiger charge is 2.29. The van der Waals surface area contributed by atoms with E-state index in [1.807, 2.05) is 24.0 Å². The molecule has 0 spiro atoms. The molecule has 0 saturated carbocycles. The van der Waals surface area contributed by atoms with Crippen LogP contribution < -0.4 is 10.5 Å². The number of carbonyl (C=O) groups excluding carboxylic acids is 1. The van der Waals surface area contributed by atoms with Gasteiger partial charge in [0.25, 0.3) is 5.91 Å². The van der Waals surface area contributed by atoms with E-state index in [-0.39, 0.29) is 24.6 Å². The van der Waals surface area contributed by atoms with Gasteiger partial charge in [0.15, 0.2) is 6.61 Å². The molecule has 2 atom stereocenters. The quantitative estimate of drug-likeness (QED) is 0.923. The Kier molecular flexibility index (Phi) is 5.21. The number of nitrogens with two attached hydrogens (primary N) is 1. The van der Waals surface area contributed by atoms with Gasteiger partial charge in [0.05, 0.1) is 5.02 Å². The topological polar surface area (TPSA) is 68.5 Å². The SMILES string of the molecule is CC(N)C1CCCCN1C(=O)COc1ccc(Cl)c2cccnc12. The predicted molar refractivity (Wildman–Crippen MR) is 95.2 cm³/mol. The first-order valence-electron chi connectivity index (χ1n) is 8.29. The standard InChI is InChI=1S/C18H22ClN3O2/c1-12(20)15-6-2-3-10-22(15)17(23)11-24-16-8-7-14(19)13-5-4-9-21-18(13)16/h4-5,7-9,12,15H,2-3,6,10-11,20H2,1H3. The predicted octanol–water partition coefficient (Wildman–Crippen LogP) is 3.00. The van der Waals surface area contributed by atoms with Crippen LogP contribution >= 0.6 is 11.6 Å². The van der Waals surface area contributed by atoms with Gasteiger partial charge >= 0.3 is 0 Å². The van der Waals surface area contributed by atoms with E-state index >= 15 is 0 Å². The largest absolute Gasteiger partial charge is 0.481 e. The summed E-state index contributed by atoms with van der Waals surface area (Å²) in [6.07, 6.45) is 4.77. The van der Waals surface area contributed by atoms with Crippen LogP contribution in [0, 0.1) is 0 Å². The second-order valence-electron chi connectivity index (χ2n) is 6.24. The van der Waals surface area contributed by atoms with E-state index in [1.54, 1.807) is 18.3 Å². The zero-order chi connectivity index (χ0) is 17.1. The van der Waals surface area contributed by atoms with Crippen molar-refractivity contribution in [1.82, 2.24) is 9.88 Å². The molecule has 2 heterocycles. The first kappa shape index (κ1) is 17.0. The number of hydrogen-bond acceptors (Lipinski definition) is 4. The Morgan fingerprint density at radius 3 is 3.08 bits per heavy atom. The molecule has 1 saturated heterocycles. The third kappa shape index (κ3) is 3.47. The maximum Gasteiger partial charge on any atom is 0.260 e. The van der Waals surface area contributed by atoms with E-state index in [9.17, 15) is 4.79 Å². The lowest BCUT2D eigenvalue weighted by molar-refractivity contribution is -0.137. The number of pyridine rings is 1. The summed E-state index contributed by atoms with van der Waals surface area (Å²) < 4.78 is 5.76. The van der Waals surface area contributed by atoms with Crippen LogP contribution in [0.4, 0.5) is 0 Å². The molecule has 1 fully saturated rings. The molecule has 1 aliphatic rings. The fourth-order valence-corrected chi connectivity index (χ4v) is 3.48. The fraction of sp³-hybridized carbons (Fsp3) is 0.444. The summed E-state index contributed by atoms with van der Waals surface area (Å²) in [5, 5.41) is 1.43. The maximum atomic E-state index is 12.6. The summed E-state index contributed by atoms with van der Waals surface area (Å²) in [6, 6.07) is 7.28. The van der Waals surface area contributed by atoms with Gasteiger partial charge in [-0.3, -0.25) is 9.78 Å². The molecule has 0 bridgehead atoms. The number of hydrogen-bond donors (Lipinski definition) is 1. The number of nitrogens with zero attached hydrogens (tertiary/aromatic N) is 2. The summed E-state index contributed by atoms with van der Waals surface area (Å²) in [4.78, 5) is 18.8. The van der Waals surface area contributed by atoms with Gasteiger partial charge in [-0.05, 0) is 50.5 Å². The Hall–Kier alpha value is -1.85. The molecule has 0 aliphatic carbocycles. The van der Waals surface area contributed by atoms with Crippen molar-refractivity contribution in [2.24, 2.45) is 5.73 Å². The highest BCUT2D eigenvalue weighted by molar-refractivity contribution is 6.35. The second kappa shape index (κ2) is 7.36. The number of rotatable bonds is 4. The van der Waals surface area contributed by atoms with E-state index in [0.29, 0.717) is 16.3 Å². The van der Waals surface area contributed by atoms with E-state index in [4.69, 9.17) is 22.1 Å². The minimum Gasteiger partial charge on any atom is -0.481 e. The van der Waals surface area contributed by atoms with Crippen molar-refractivity contribution in [3.63, 3.8) is 0 Å². The maximum absolute atomic E-state index is 12.6. The molecule has 6 heteroatoms. The average Bonchev–Trinajstić information content (AvgIpc) is 2.61. The van der Waals surface area contributed by atoms with E-state index in [1.165, 1.54) is 0 Å². The third-order valence-corrected chi connectivity index (χ3v) is 4.84. The van der Waals surface area contributed by atoms with Crippen LogP contribution in [0.2, 0.25) is 5.02 Å². The molecule has 1 aromatic heterocycles. The van der Waals surface area contributed by atoms with Crippen LogP contribution in [0.25, 0.3) is 10.9 Å². The van der Waals surface area contributed by atoms with Crippen molar-refractivity contribution in [3.05, 3.63) is 35.5 Å². The lowest BCUT2D eigenvalue weighted by Gasteiger charge is -2.38. The normalized spacial score (nSPS) is 19.3. The Labute approximate surface area is 146 Å². The van der Waals surface area contributed by atoms with E-state index in [0.717, 1.165) is 31.2 Å². The number of carbonyl (C=O) groups is 1. The van der Waals surface area contributed by atoms with Crippen molar-refractivity contribution in [2.75, 3.05) is 13.2 Å². The van der Waals surface area contributed by atoms with Crippen LogP contribution in [0.5, 0.6) is 5.75 Å². The van der Waals surface area contributed by atoms with Crippen LogP contribution in [-0.4, -0.2) is 41.0 Å². The Balaban J connectivity index is 1.74. The number of likely N-dealkylation sites (tertiary alicyclic amines) is 1. The van der Waals surface area contributed by atoms with E-state index < -0.39 is 0 Å². The molecule has 3 rings (SSSR count). The smallest absolute Gasteiger partial charge is 0.260 e. The molecule has 128 valence electrons. The number of piperidine rings is 1. The Bertz CT molecular complexity index is 735. The summed E-state index contributed by atoms with van der Waals surface area (Å²) in [5.74, 6) is 0.536. The Morgan fingerprint density at radius 2 is 2.29 bits per heavy atom. The number of amides is 1. The van der Waals surface area contributed by atoms with Crippen LogP contribution in [0.3, 0.4) is 0 Å². The van der Waals surface area contributed by atoms with E-state index in [2.05, 4.69) is 4.98 Å². The summed E-state index contributed by atoms with van der Waals surface area (Å²) in [6.45, 7) is 2.68. The molecule has 0 radical (unpaired) electrons. The third-order valence-electron chi connectivity index (χ3n) is 4.51. The summed E-state index contributed by atoms with van der Waals surface area (Å²) in [5.41, 5.74) is 6.70. The highest BCUT2D eigenvalue weighted by atomic mass is 35.5. The number of ether oxygens (including phenoxy) is 1. The zero-order valence-corrected chi connectivity index (χ0v) is 14.5. The number of benzene rings is 1. The monoisotopic (exact) mass is 347 g/mol. The number of aromatic nitrogens is 1. The Morgan fingerprint density at radius 1 is 1.46 bits per heavy atom. The number of fused-ring (bicyclic) bond motifs is 1. The molecule has 2 N–H and O–H groups in total. The zero-order valence-electron chi connectivity index (χ0n) is 13.7. The van der Waals surface area contributed by atoms with Crippen molar-refractivity contribution >= 4 is 28.4 Å². The second-order valence-corrected chi connectivity index (χ2v) is 6.65. The molecular weight excluding hydrogens is 326 g/mol.